The molecule has 6 nitrogen and oxygen atoms in total. The summed E-state index contributed by atoms with van der Waals surface area (Å²) in [6.45, 7) is 3.82. The van der Waals surface area contributed by atoms with Crippen LogP contribution in [0.2, 0.25) is 5.02 Å². The van der Waals surface area contributed by atoms with Crippen molar-refractivity contribution in [3.63, 3.8) is 0 Å². The summed E-state index contributed by atoms with van der Waals surface area (Å²) in [6.07, 6.45) is 0.338. The van der Waals surface area contributed by atoms with Crippen molar-refractivity contribution in [1.82, 2.24) is 5.32 Å². The zero-order valence-corrected chi connectivity index (χ0v) is 12.5. The van der Waals surface area contributed by atoms with Crippen molar-refractivity contribution in [2.75, 3.05) is 5.32 Å². The van der Waals surface area contributed by atoms with Crippen LogP contribution >= 0.6 is 23.8 Å². The van der Waals surface area contributed by atoms with Gasteiger partial charge in [0.15, 0.2) is 5.11 Å². The minimum atomic E-state index is -0.540. The van der Waals surface area contributed by atoms with E-state index in [0.29, 0.717) is 6.42 Å². The normalized spacial score (nSPS) is 10.2. The van der Waals surface area contributed by atoms with Gasteiger partial charge in [-0.1, -0.05) is 25.4 Å². The van der Waals surface area contributed by atoms with Gasteiger partial charge in [-0.05, 0) is 24.2 Å². The molecule has 0 aliphatic rings. The number of anilines is 1. The topological polar surface area (TPSA) is 84.3 Å². The molecule has 108 valence electrons. The highest BCUT2D eigenvalue weighted by molar-refractivity contribution is 7.80. The molecule has 0 saturated heterocycles. The first-order chi connectivity index (χ1) is 9.29. The molecule has 1 rings (SSSR count). The monoisotopic (exact) mass is 315 g/mol. The molecule has 0 atom stereocenters. The molecule has 0 heterocycles. The number of halogens is 1. The fraction of sp³-hybridized carbons (Fsp3) is 0.333. The molecule has 0 aromatic heterocycles. The number of rotatable bonds is 4. The van der Waals surface area contributed by atoms with Crippen LogP contribution in [0.5, 0.6) is 0 Å². The Labute approximate surface area is 126 Å². The van der Waals surface area contributed by atoms with E-state index in [-0.39, 0.29) is 33.3 Å². The van der Waals surface area contributed by atoms with Gasteiger partial charge >= 0.3 is 0 Å². The Balaban J connectivity index is 2.73. The van der Waals surface area contributed by atoms with Crippen molar-refractivity contribution in [1.29, 1.82) is 0 Å². The zero-order valence-electron chi connectivity index (χ0n) is 11.0. The van der Waals surface area contributed by atoms with E-state index >= 15 is 0 Å². The molecule has 20 heavy (non-hydrogen) atoms. The van der Waals surface area contributed by atoms with Gasteiger partial charge in [0.25, 0.3) is 5.69 Å². The van der Waals surface area contributed by atoms with E-state index in [1.165, 1.54) is 18.2 Å². The fourth-order valence-electron chi connectivity index (χ4n) is 1.42. The average Bonchev–Trinajstić information content (AvgIpc) is 2.30. The molecule has 0 bridgehead atoms. The Hall–Kier alpha value is -1.73. The molecule has 1 aromatic rings. The predicted molar refractivity (Wildman–Crippen MR) is 81.9 cm³/mol. The Morgan fingerprint density at radius 1 is 1.50 bits per heavy atom. The van der Waals surface area contributed by atoms with Crippen LogP contribution in [-0.4, -0.2) is 15.9 Å². The number of nitro groups is 1. The summed E-state index contributed by atoms with van der Waals surface area (Å²) >= 11 is 10.9. The van der Waals surface area contributed by atoms with E-state index in [9.17, 15) is 14.9 Å². The second kappa shape index (κ2) is 7.16. The number of carbonyl (C=O) groups excluding carboxylic acids is 1. The lowest BCUT2D eigenvalue weighted by atomic mass is 10.1. The Bertz CT molecular complexity index is 549. The van der Waals surface area contributed by atoms with E-state index in [1.807, 2.05) is 13.8 Å². The highest BCUT2D eigenvalue weighted by Gasteiger charge is 2.12. The van der Waals surface area contributed by atoms with Gasteiger partial charge in [-0.15, -0.1) is 0 Å². The maximum Gasteiger partial charge on any atom is 0.271 e. The lowest BCUT2D eigenvalue weighted by Crippen LogP contribution is -2.34. The van der Waals surface area contributed by atoms with Crippen LogP contribution < -0.4 is 10.6 Å². The molecule has 0 fully saturated rings. The Morgan fingerprint density at radius 2 is 2.15 bits per heavy atom. The van der Waals surface area contributed by atoms with Crippen molar-refractivity contribution in [2.24, 2.45) is 5.92 Å². The van der Waals surface area contributed by atoms with Gasteiger partial charge in [0, 0.05) is 18.6 Å². The van der Waals surface area contributed by atoms with Crippen LogP contribution in [0.15, 0.2) is 18.2 Å². The molecule has 0 radical (unpaired) electrons. The largest absolute Gasteiger partial charge is 0.331 e. The summed E-state index contributed by atoms with van der Waals surface area (Å²) < 4.78 is 0. The molecule has 0 spiro atoms. The zero-order chi connectivity index (χ0) is 15.3. The highest BCUT2D eigenvalue weighted by atomic mass is 35.5. The third kappa shape index (κ3) is 5.10. The standard InChI is InChI=1S/C12H14ClN3O3S/c1-7(2)5-11(17)15-12(20)14-10-6-8(16(18)19)3-4-9(10)13/h3-4,6-7H,5H2,1-2H3,(H2,14,15,17,20). The van der Waals surface area contributed by atoms with Crippen LogP contribution in [-0.2, 0) is 4.79 Å². The van der Waals surface area contributed by atoms with Crippen LogP contribution in [0, 0.1) is 16.0 Å². The molecule has 8 heteroatoms. The molecule has 2 N–H and O–H groups in total. The predicted octanol–water partition coefficient (Wildman–Crippen LogP) is 3.11. The van der Waals surface area contributed by atoms with Gasteiger partial charge in [-0.2, -0.15) is 0 Å². The van der Waals surface area contributed by atoms with Crippen molar-refractivity contribution in [3.8, 4) is 0 Å². The van der Waals surface area contributed by atoms with Crippen molar-refractivity contribution in [3.05, 3.63) is 33.3 Å². The number of hydrogen-bond acceptors (Lipinski definition) is 4. The molecule has 0 aliphatic heterocycles. The van der Waals surface area contributed by atoms with Gasteiger partial charge in [0.2, 0.25) is 5.91 Å². The minimum absolute atomic E-state index is 0.0537. The van der Waals surface area contributed by atoms with Crippen molar-refractivity contribution >= 4 is 46.2 Å². The number of nitro benzene ring substituents is 1. The van der Waals surface area contributed by atoms with Crippen LogP contribution in [0.1, 0.15) is 20.3 Å². The first-order valence-electron chi connectivity index (χ1n) is 5.84. The lowest BCUT2D eigenvalue weighted by Gasteiger charge is -2.11. The van der Waals surface area contributed by atoms with Crippen LogP contribution in [0.25, 0.3) is 0 Å². The second-order valence-electron chi connectivity index (χ2n) is 4.52. The summed E-state index contributed by atoms with van der Waals surface area (Å²) in [5.74, 6) is -0.0155. The number of hydrogen-bond donors (Lipinski definition) is 2. The van der Waals surface area contributed by atoms with Gasteiger partial charge in [0.1, 0.15) is 0 Å². The number of amides is 1. The maximum absolute atomic E-state index is 11.5. The minimum Gasteiger partial charge on any atom is -0.331 e. The average molecular weight is 316 g/mol. The molecule has 1 amide bonds. The maximum atomic E-state index is 11.5. The Kier molecular flexibility index (Phi) is 5.84. The SMILES string of the molecule is CC(C)CC(=O)NC(=S)Nc1cc([N+](=O)[O-])ccc1Cl. The van der Waals surface area contributed by atoms with Gasteiger partial charge in [0.05, 0.1) is 15.6 Å². The Morgan fingerprint density at radius 3 is 2.70 bits per heavy atom. The molecule has 1 aromatic carbocycles. The van der Waals surface area contributed by atoms with Crippen molar-refractivity contribution < 1.29 is 9.72 Å². The second-order valence-corrected chi connectivity index (χ2v) is 5.34. The van der Waals surface area contributed by atoms with E-state index in [2.05, 4.69) is 10.6 Å². The summed E-state index contributed by atoms with van der Waals surface area (Å²) in [6, 6.07) is 3.93. The number of benzene rings is 1. The number of non-ortho nitro benzene ring substituents is 1. The van der Waals surface area contributed by atoms with E-state index in [0.717, 1.165) is 0 Å². The third-order valence-electron chi connectivity index (χ3n) is 2.26. The molecule has 0 saturated carbocycles. The van der Waals surface area contributed by atoms with E-state index in [4.69, 9.17) is 23.8 Å². The number of nitrogens with zero attached hydrogens (tertiary/aromatic N) is 1. The summed E-state index contributed by atoms with van der Waals surface area (Å²) in [5, 5.41) is 16.2. The summed E-state index contributed by atoms with van der Waals surface area (Å²) in [4.78, 5) is 21.7. The molecular formula is C12H14ClN3O3S. The van der Waals surface area contributed by atoms with E-state index < -0.39 is 4.92 Å². The first kappa shape index (κ1) is 16.3. The smallest absolute Gasteiger partial charge is 0.271 e. The first-order valence-corrected chi connectivity index (χ1v) is 6.63. The van der Waals surface area contributed by atoms with Gasteiger partial charge in [-0.3, -0.25) is 14.9 Å². The fourth-order valence-corrected chi connectivity index (χ4v) is 1.81. The summed E-state index contributed by atoms with van der Waals surface area (Å²) in [7, 11) is 0. The van der Waals surface area contributed by atoms with Crippen LogP contribution in [0.4, 0.5) is 11.4 Å². The molecule has 0 aliphatic carbocycles. The number of carbonyl (C=O) groups is 1. The third-order valence-corrected chi connectivity index (χ3v) is 2.79. The molecule has 0 unspecified atom stereocenters. The lowest BCUT2D eigenvalue weighted by molar-refractivity contribution is -0.384. The quantitative estimate of drug-likeness (QED) is 0.506. The van der Waals surface area contributed by atoms with Crippen molar-refractivity contribution in [2.45, 2.75) is 20.3 Å². The molecular weight excluding hydrogens is 302 g/mol. The number of nitrogens with one attached hydrogen (secondary N) is 2. The van der Waals surface area contributed by atoms with Crippen LogP contribution in [0.3, 0.4) is 0 Å². The van der Waals surface area contributed by atoms with Gasteiger partial charge in [-0.25, -0.2) is 0 Å². The summed E-state index contributed by atoms with van der Waals surface area (Å²) in [5.41, 5.74) is 0.156. The number of thiocarbonyl (C=S) groups is 1. The van der Waals surface area contributed by atoms with Gasteiger partial charge < -0.3 is 10.6 Å². The van der Waals surface area contributed by atoms with E-state index in [1.54, 1.807) is 0 Å². The highest BCUT2D eigenvalue weighted by Crippen LogP contribution is 2.26.